The maximum Gasteiger partial charge on any atom is 0.187 e. The smallest absolute Gasteiger partial charge is 0.187 e. The van der Waals surface area contributed by atoms with E-state index in [4.69, 9.17) is 11.6 Å². The largest absolute Gasteiger partial charge is 0.289 e. The molecule has 104 valence electrons. The lowest BCUT2D eigenvalue weighted by Gasteiger charge is -1.98. The van der Waals surface area contributed by atoms with Crippen LogP contribution in [0.4, 0.5) is 0 Å². The Bertz CT molecular complexity index is 845. The number of carbonyl (C=O) groups excluding carboxylic acids is 1. The summed E-state index contributed by atoms with van der Waals surface area (Å²) >= 11 is 7.74. The van der Waals surface area contributed by atoms with Gasteiger partial charge in [-0.2, -0.15) is 0 Å². The van der Waals surface area contributed by atoms with Crippen LogP contribution in [0.25, 0.3) is 16.2 Å². The van der Waals surface area contributed by atoms with Gasteiger partial charge in [-0.3, -0.25) is 4.79 Å². The highest BCUT2D eigenvalue weighted by atomic mass is 35.5. The molecule has 3 aromatic rings. The summed E-state index contributed by atoms with van der Waals surface area (Å²) in [5.74, 6) is -0.0718. The maximum atomic E-state index is 12.2. The quantitative estimate of drug-likeness (QED) is 0.444. The minimum atomic E-state index is -0.0718. The number of benzene rings is 2. The Morgan fingerprint density at radius 1 is 1.10 bits per heavy atom. The van der Waals surface area contributed by atoms with E-state index in [1.807, 2.05) is 30.3 Å². The second-order valence-corrected chi connectivity index (χ2v) is 6.26. The lowest BCUT2D eigenvalue weighted by atomic mass is 10.1. The fourth-order valence-corrected chi connectivity index (χ4v) is 3.60. The number of aryl methyl sites for hydroxylation is 1. The first-order valence-electron chi connectivity index (χ1n) is 6.62. The Hall–Kier alpha value is -1.90. The summed E-state index contributed by atoms with van der Waals surface area (Å²) in [6, 6.07) is 15.4. The highest BCUT2D eigenvalue weighted by Gasteiger charge is 2.08. The van der Waals surface area contributed by atoms with Gasteiger partial charge in [0.15, 0.2) is 5.78 Å². The standard InChI is InChI=1S/C18H13ClOS/c1-12-13-6-3-5-9-18(13)21-17(12)11-10-16(20)14-7-2-4-8-15(14)19/h2-11H,1H3. The van der Waals surface area contributed by atoms with Crippen LogP contribution in [0.15, 0.2) is 54.6 Å². The molecule has 0 saturated carbocycles. The van der Waals surface area contributed by atoms with Gasteiger partial charge in [-0.1, -0.05) is 41.9 Å². The van der Waals surface area contributed by atoms with Crippen LogP contribution in [-0.2, 0) is 0 Å². The number of fused-ring (bicyclic) bond motifs is 1. The van der Waals surface area contributed by atoms with E-state index in [0.29, 0.717) is 10.6 Å². The van der Waals surface area contributed by atoms with Crippen LogP contribution in [0.3, 0.4) is 0 Å². The second-order valence-electron chi connectivity index (χ2n) is 4.76. The SMILES string of the molecule is Cc1c(C=CC(=O)c2ccccc2Cl)sc2ccccc12. The van der Waals surface area contributed by atoms with Crippen molar-refractivity contribution in [3.05, 3.63) is 75.6 Å². The zero-order valence-electron chi connectivity index (χ0n) is 11.5. The topological polar surface area (TPSA) is 17.1 Å². The number of halogens is 1. The van der Waals surface area contributed by atoms with Gasteiger partial charge in [0.05, 0.1) is 5.02 Å². The fraction of sp³-hybridized carbons (Fsp3) is 0.0556. The van der Waals surface area contributed by atoms with E-state index in [1.54, 1.807) is 29.5 Å². The summed E-state index contributed by atoms with van der Waals surface area (Å²) in [5.41, 5.74) is 1.74. The van der Waals surface area contributed by atoms with Crippen LogP contribution in [-0.4, -0.2) is 5.78 Å². The van der Waals surface area contributed by atoms with Gasteiger partial charge in [0.2, 0.25) is 0 Å². The molecule has 0 amide bonds. The number of hydrogen-bond donors (Lipinski definition) is 0. The maximum absolute atomic E-state index is 12.2. The zero-order valence-corrected chi connectivity index (χ0v) is 13.0. The minimum absolute atomic E-state index is 0.0718. The molecule has 3 heteroatoms. The Balaban J connectivity index is 1.93. The van der Waals surface area contributed by atoms with Crippen molar-refractivity contribution in [1.82, 2.24) is 0 Å². The van der Waals surface area contributed by atoms with Crippen molar-refractivity contribution in [3.8, 4) is 0 Å². The van der Waals surface area contributed by atoms with Crippen molar-refractivity contribution < 1.29 is 4.79 Å². The molecule has 1 aromatic heterocycles. The van der Waals surface area contributed by atoms with Crippen LogP contribution < -0.4 is 0 Å². The molecule has 3 rings (SSSR count). The molecular weight excluding hydrogens is 300 g/mol. The molecule has 0 spiro atoms. The third kappa shape index (κ3) is 2.78. The molecule has 0 atom stereocenters. The molecule has 21 heavy (non-hydrogen) atoms. The van der Waals surface area contributed by atoms with Gasteiger partial charge in [0.1, 0.15) is 0 Å². The van der Waals surface area contributed by atoms with Crippen molar-refractivity contribution in [1.29, 1.82) is 0 Å². The molecule has 0 bridgehead atoms. The van der Waals surface area contributed by atoms with Crippen LogP contribution in [0.2, 0.25) is 5.02 Å². The van der Waals surface area contributed by atoms with E-state index in [2.05, 4.69) is 19.1 Å². The van der Waals surface area contributed by atoms with E-state index in [9.17, 15) is 4.79 Å². The third-order valence-electron chi connectivity index (χ3n) is 3.41. The normalized spacial score (nSPS) is 11.3. The first-order chi connectivity index (χ1) is 10.2. The molecular formula is C18H13ClOS. The number of allylic oxidation sites excluding steroid dienone is 1. The Morgan fingerprint density at radius 2 is 1.81 bits per heavy atom. The molecule has 0 aliphatic heterocycles. The predicted molar refractivity (Wildman–Crippen MR) is 91.4 cm³/mol. The third-order valence-corrected chi connectivity index (χ3v) is 4.97. The highest BCUT2D eigenvalue weighted by molar-refractivity contribution is 7.20. The molecule has 0 saturated heterocycles. The minimum Gasteiger partial charge on any atom is -0.289 e. The summed E-state index contributed by atoms with van der Waals surface area (Å²) in [7, 11) is 0. The zero-order chi connectivity index (χ0) is 14.8. The molecule has 2 aromatic carbocycles. The number of rotatable bonds is 3. The number of ketones is 1. The van der Waals surface area contributed by atoms with E-state index < -0.39 is 0 Å². The molecule has 0 N–H and O–H groups in total. The first kappa shape index (κ1) is 14.1. The van der Waals surface area contributed by atoms with Gasteiger partial charge in [-0.05, 0) is 48.2 Å². The summed E-state index contributed by atoms with van der Waals surface area (Å²) < 4.78 is 1.24. The summed E-state index contributed by atoms with van der Waals surface area (Å²) in [6.07, 6.45) is 3.48. The Kier molecular flexibility index (Phi) is 3.91. The van der Waals surface area contributed by atoms with Crippen LogP contribution in [0, 0.1) is 6.92 Å². The van der Waals surface area contributed by atoms with E-state index in [-0.39, 0.29) is 5.78 Å². The number of thiophene rings is 1. The lowest BCUT2D eigenvalue weighted by molar-refractivity contribution is 0.104. The van der Waals surface area contributed by atoms with Crippen LogP contribution in [0.5, 0.6) is 0 Å². The molecule has 0 radical (unpaired) electrons. The summed E-state index contributed by atoms with van der Waals surface area (Å²) in [4.78, 5) is 13.3. The van der Waals surface area contributed by atoms with Gasteiger partial charge < -0.3 is 0 Å². The van der Waals surface area contributed by atoms with Gasteiger partial charge in [0, 0.05) is 15.1 Å². The Morgan fingerprint density at radius 3 is 2.57 bits per heavy atom. The van der Waals surface area contributed by atoms with Crippen molar-refractivity contribution in [2.24, 2.45) is 0 Å². The van der Waals surface area contributed by atoms with Crippen LogP contribution >= 0.6 is 22.9 Å². The van der Waals surface area contributed by atoms with Crippen molar-refractivity contribution in [2.45, 2.75) is 6.92 Å². The van der Waals surface area contributed by atoms with E-state index in [1.165, 1.54) is 15.6 Å². The number of carbonyl (C=O) groups is 1. The fourth-order valence-electron chi connectivity index (χ4n) is 2.25. The molecule has 1 nitrogen and oxygen atoms in total. The average Bonchev–Trinajstić information content (AvgIpc) is 2.82. The molecule has 0 fully saturated rings. The van der Waals surface area contributed by atoms with Crippen molar-refractivity contribution >= 4 is 44.9 Å². The lowest BCUT2D eigenvalue weighted by Crippen LogP contribution is -1.94. The van der Waals surface area contributed by atoms with Crippen molar-refractivity contribution in [3.63, 3.8) is 0 Å². The monoisotopic (exact) mass is 312 g/mol. The van der Waals surface area contributed by atoms with Crippen molar-refractivity contribution in [2.75, 3.05) is 0 Å². The van der Waals surface area contributed by atoms with E-state index in [0.717, 1.165) is 4.88 Å². The second kappa shape index (κ2) is 5.84. The van der Waals surface area contributed by atoms with Gasteiger partial charge in [-0.25, -0.2) is 0 Å². The van der Waals surface area contributed by atoms with Gasteiger partial charge in [-0.15, -0.1) is 11.3 Å². The van der Waals surface area contributed by atoms with Gasteiger partial charge >= 0.3 is 0 Å². The van der Waals surface area contributed by atoms with Gasteiger partial charge in [0.25, 0.3) is 0 Å². The summed E-state index contributed by atoms with van der Waals surface area (Å²) in [6.45, 7) is 2.08. The molecule has 0 aliphatic carbocycles. The summed E-state index contributed by atoms with van der Waals surface area (Å²) in [5, 5.41) is 1.73. The van der Waals surface area contributed by atoms with E-state index >= 15 is 0 Å². The molecule has 0 unspecified atom stereocenters. The van der Waals surface area contributed by atoms with Crippen LogP contribution in [0.1, 0.15) is 20.8 Å². The molecule has 1 heterocycles. The first-order valence-corrected chi connectivity index (χ1v) is 7.81. The predicted octanol–water partition coefficient (Wildman–Crippen LogP) is 5.76. The molecule has 0 aliphatic rings. The number of hydrogen-bond acceptors (Lipinski definition) is 2. The average molecular weight is 313 g/mol. The Labute approximate surface area is 132 Å². The highest BCUT2D eigenvalue weighted by Crippen LogP contribution is 2.31.